The Morgan fingerprint density at radius 3 is 2.08 bits per heavy atom. The highest BCUT2D eigenvalue weighted by atomic mass is 35.5. The van der Waals surface area contributed by atoms with Gasteiger partial charge in [-0.25, -0.2) is 4.39 Å². The van der Waals surface area contributed by atoms with Crippen LogP contribution in [0.15, 0.2) is 42.5 Å². The summed E-state index contributed by atoms with van der Waals surface area (Å²) in [4.78, 5) is 25.5. The van der Waals surface area contributed by atoms with Gasteiger partial charge in [0.05, 0.1) is 13.1 Å². The second kappa shape index (κ2) is 8.60. The minimum absolute atomic E-state index is 0.00351. The first kappa shape index (κ1) is 18.9. The SMILES string of the molecule is Cc1ccc(NC(=O)CN(C)CC(=O)Nc2ccc(Cl)cc2)cc1F. The maximum atomic E-state index is 13.5. The Bertz CT molecular complexity index is 765. The molecule has 7 heteroatoms. The third kappa shape index (κ3) is 6.17. The third-order valence-corrected chi connectivity index (χ3v) is 3.66. The normalized spacial score (nSPS) is 10.6. The largest absolute Gasteiger partial charge is 0.325 e. The van der Waals surface area contributed by atoms with Gasteiger partial charge in [0.2, 0.25) is 11.8 Å². The van der Waals surface area contributed by atoms with Gasteiger partial charge in [0, 0.05) is 16.4 Å². The minimum Gasteiger partial charge on any atom is -0.325 e. The van der Waals surface area contributed by atoms with Gasteiger partial charge in [0.1, 0.15) is 5.82 Å². The molecule has 132 valence electrons. The summed E-state index contributed by atoms with van der Waals surface area (Å²) in [6, 6.07) is 11.2. The molecule has 0 saturated carbocycles. The van der Waals surface area contributed by atoms with Crippen molar-refractivity contribution < 1.29 is 14.0 Å². The lowest BCUT2D eigenvalue weighted by atomic mass is 10.2. The van der Waals surface area contributed by atoms with E-state index in [0.717, 1.165) is 0 Å². The quantitative estimate of drug-likeness (QED) is 0.827. The molecule has 0 spiro atoms. The highest BCUT2D eigenvalue weighted by molar-refractivity contribution is 6.30. The van der Waals surface area contributed by atoms with Crippen LogP contribution in [0.1, 0.15) is 5.56 Å². The van der Waals surface area contributed by atoms with Crippen LogP contribution in [0.2, 0.25) is 5.02 Å². The zero-order chi connectivity index (χ0) is 18.4. The van der Waals surface area contributed by atoms with Crippen LogP contribution in [0.4, 0.5) is 15.8 Å². The lowest BCUT2D eigenvalue weighted by Crippen LogP contribution is -2.36. The first-order chi connectivity index (χ1) is 11.8. The molecule has 0 bridgehead atoms. The topological polar surface area (TPSA) is 61.4 Å². The number of hydrogen-bond donors (Lipinski definition) is 2. The number of likely N-dealkylation sites (N-methyl/N-ethyl adjacent to an activating group) is 1. The maximum Gasteiger partial charge on any atom is 0.238 e. The fourth-order valence-corrected chi connectivity index (χ4v) is 2.28. The van der Waals surface area contributed by atoms with Crippen molar-refractivity contribution >= 4 is 34.8 Å². The van der Waals surface area contributed by atoms with E-state index in [1.807, 2.05) is 0 Å². The number of benzene rings is 2. The van der Waals surface area contributed by atoms with Crippen LogP contribution in [0.5, 0.6) is 0 Å². The van der Waals surface area contributed by atoms with E-state index in [-0.39, 0.29) is 30.7 Å². The highest BCUT2D eigenvalue weighted by Crippen LogP contribution is 2.14. The van der Waals surface area contributed by atoms with Gasteiger partial charge in [-0.2, -0.15) is 0 Å². The lowest BCUT2D eigenvalue weighted by Gasteiger charge is -2.16. The number of halogens is 2. The van der Waals surface area contributed by atoms with Crippen molar-refractivity contribution in [2.75, 3.05) is 30.8 Å². The van der Waals surface area contributed by atoms with Gasteiger partial charge in [-0.1, -0.05) is 17.7 Å². The van der Waals surface area contributed by atoms with E-state index >= 15 is 0 Å². The smallest absolute Gasteiger partial charge is 0.238 e. The number of carbonyl (C=O) groups is 2. The molecule has 2 aromatic carbocycles. The number of amides is 2. The minimum atomic E-state index is -0.381. The molecule has 0 fully saturated rings. The molecule has 0 saturated heterocycles. The van der Waals surface area contributed by atoms with E-state index < -0.39 is 0 Å². The summed E-state index contributed by atoms with van der Waals surface area (Å²) in [6.45, 7) is 1.69. The van der Waals surface area contributed by atoms with E-state index in [4.69, 9.17) is 11.6 Å². The molecule has 2 amide bonds. The molecule has 0 atom stereocenters. The fourth-order valence-electron chi connectivity index (χ4n) is 2.15. The summed E-state index contributed by atoms with van der Waals surface area (Å²) >= 11 is 5.79. The molecule has 0 heterocycles. The van der Waals surface area contributed by atoms with E-state index in [2.05, 4.69) is 10.6 Å². The van der Waals surface area contributed by atoms with Crippen molar-refractivity contribution in [2.24, 2.45) is 0 Å². The van der Waals surface area contributed by atoms with Crippen LogP contribution in [-0.4, -0.2) is 36.9 Å². The Hall–Kier alpha value is -2.44. The Morgan fingerprint density at radius 1 is 1.00 bits per heavy atom. The predicted molar refractivity (Wildman–Crippen MR) is 97.3 cm³/mol. The number of aryl methyl sites for hydroxylation is 1. The molecule has 0 aliphatic rings. The molecule has 0 unspecified atom stereocenters. The highest BCUT2D eigenvalue weighted by Gasteiger charge is 2.12. The van der Waals surface area contributed by atoms with E-state index in [1.54, 1.807) is 55.3 Å². The van der Waals surface area contributed by atoms with Crippen molar-refractivity contribution in [3.63, 3.8) is 0 Å². The summed E-state index contributed by atoms with van der Waals surface area (Å²) in [5, 5.41) is 5.90. The Balaban J connectivity index is 1.81. The van der Waals surface area contributed by atoms with Crippen molar-refractivity contribution in [3.05, 3.63) is 58.9 Å². The van der Waals surface area contributed by atoms with Crippen LogP contribution >= 0.6 is 11.6 Å². The number of carbonyl (C=O) groups excluding carboxylic acids is 2. The fraction of sp³-hybridized carbons (Fsp3) is 0.222. The molecule has 0 aliphatic heterocycles. The Labute approximate surface area is 150 Å². The van der Waals surface area contributed by atoms with Gasteiger partial charge < -0.3 is 10.6 Å². The average molecular weight is 364 g/mol. The third-order valence-electron chi connectivity index (χ3n) is 3.41. The Kier molecular flexibility index (Phi) is 6.50. The molecule has 2 N–H and O–H groups in total. The van der Waals surface area contributed by atoms with Crippen LogP contribution in [0, 0.1) is 12.7 Å². The second-order valence-corrected chi connectivity index (χ2v) is 6.18. The number of anilines is 2. The molecule has 0 aromatic heterocycles. The van der Waals surface area contributed by atoms with Crippen LogP contribution in [-0.2, 0) is 9.59 Å². The standard InChI is InChI=1S/C18H19ClFN3O2/c1-12-3-6-15(9-16(12)20)22-18(25)11-23(2)10-17(24)21-14-7-4-13(19)5-8-14/h3-9H,10-11H2,1-2H3,(H,21,24)(H,22,25). The van der Waals surface area contributed by atoms with E-state index in [9.17, 15) is 14.0 Å². The molecule has 2 aromatic rings. The number of nitrogens with zero attached hydrogens (tertiary/aromatic N) is 1. The van der Waals surface area contributed by atoms with Gasteiger partial charge in [-0.15, -0.1) is 0 Å². The van der Waals surface area contributed by atoms with Gasteiger partial charge >= 0.3 is 0 Å². The summed E-state index contributed by atoms with van der Waals surface area (Å²) in [5.74, 6) is -0.961. The average Bonchev–Trinajstić information content (AvgIpc) is 2.52. The van der Waals surface area contributed by atoms with E-state index in [1.165, 1.54) is 6.07 Å². The molecular formula is C18H19ClFN3O2. The summed E-state index contributed by atoms with van der Waals surface area (Å²) in [5.41, 5.74) is 1.52. The molecule has 5 nitrogen and oxygen atoms in total. The molecule has 0 aliphatic carbocycles. The van der Waals surface area contributed by atoms with Gasteiger partial charge in [0.15, 0.2) is 0 Å². The van der Waals surface area contributed by atoms with Crippen LogP contribution in [0.25, 0.3) is 0 Å². The number of nitrogens with one attached hydrogen (secondary N) is 2. The van der Waals surface area contributed by atoms with Crippen LogP contribution in [0.3, 0.4) is 0 Å². The van der Waals surface area contributed by atoms with Crippen molar-refractivity contribution in [1.29, 1.82) is 0 Å². The van der Waals surface area contributed by atoms with Crippen LogP contribution < -0.4 is 10.6 Å². The predicted octanol–water partition coefficient (Wildman–Crippen LogP) is 3.30. The monoisotopic (exact) mass is 363 g/mol. The van der Waals surface area contributed by atoms with Crippen molar-refractivity contribution in [2.45, 2.75) is 6.92 Å². The molecule has 2 rings (SSSR count). The van der Waals surface area contributed by atoms with Crippen molar-refractivity contribution in [1.82, 2.24) is 4.90 Å². The summed E-state index contributed by atoms with van der Waals surface area (Å²) in [7, 11) is 1.65. The summed E-state index contributed by atoms with van der Waals surface area (Å²) < 4.78 is 13.5. The summed E-state index contributed by atoms with van der Waals surface area (Å²) in [6.07, 6.45) is 0. The van der Waals surface area contributed by atoms with Gasteiger partial charge in [-0.05, 0) is 55.9 Å². The molecule has 25 heavy (non-hydrogen) atoms. The zero-order valence-electron chi connectivity index (χ0n) is 14.0. The first-order valence-electron chi connectivity index (χ1n) is 7.63. The van der Waals surface area contributed by atoms with E-state index in [0.29, 0.717) is 22.0 Å². The second-order valence-electron chi connectivity index (χ2n) is 5.74. The van der Waals surface area contributed by atoms with Gasteiger partial charge in [0.25, 0.3) is 0 Å². The first-order valence-corrected chi connectivity index (χ1v) is 8.01. The number of hydrogen-bond acceptors (Lipinski definition) is 3. The molecule has 0 radical (unpaired) electrons. The lowest BCUT2D eigenvalue weighted by molar-refractivity contribution is -0.119. The maximum absolute atomic E-state index is 13.5. The zero-order valence-corrected chi connectivity index (χ0v) is 14.7. The number of rotatable bonds is 6. The van der Waals surface area contributed by atoms with Gasteiger partial charge in [-0.3, -0.25) is 14.5 Å². The Morgan fingerprint density at radius 2 is 1.52 bits per heavy atom. The van der Waals surface area contributed by atoms with Crippen molar-refractivity contribution in [3.8, 4) is 0 Å². The molecular weight excluding hydrogens is 345 g/mol.